The molecule has 3 N–H and O–H groups in total. The van der Waals surface area contributed by atoms with Gasteiger partial charge in [0, 0.05) is 16.3 Å². The predicted molar refractivity (Wildman–Crippen MR) is 134 cm³/mol. The molecule has 1 aromatic heterocycles. The van der Waals surface area contributed by atoms with Gasteiger partial charge in [-0.25, -0.2) is 9.48 Å². The smallest absolute Gasteiger partial charge is 0.343 e. The van der Waals surface area contributed by atoms with Crippen LogP contribution in [0.15, 0.2) is 79.0 Å². The summed E-state index contributed by atoms with van der Waals surface area (Å²) in [6.45, 7) is 2.35. The van der Waals surface area contributed by atoms with Crippen molar-refractivity contribution in [3.63, 3.8) is 0 Å². The lowest BCUT2D eigenvalue weighted by molar-refractivity contribution is 0.0527. The molecular formula is C26H23ClN4O4. The van der Waals surface area contributed by atoms with Gasteiger partial charge in [-0.15, -0.1) is 0 Å². The number of ether oxygens (including phenoxy) is 2. The number of nitrogens with one attached hydrogen (secondary N) is 1. The van der Waals surface area contributed by atoms with Gasteiger partial charge in [-0.1, -0.05) is 29.8 Å². The highest BCUT2D eigenvalue weighted by Crippen LogP contribution is 2.21. The first kappa shape index (κ1) is 23.8. The standard InChI is InChI=1S/C26H23ClN4O4/c1-2-34-26(33)23-15-29-31(24(23)28)21-5-3-4-18(14-21)25(32)30-20-10-12-22(13-11-20)35-16-17-6-8-19(27)9-7-17/h3-15H,2,16,28H2,1H3,(H,30,32). The number of rotatable bonds is 8. The van der Waals surface area contributed by atoms with Gasteiger partial charge in [-0.3, -0.25) is 4.79 Å². The van der Waals surface area contributed by atoms with Gasteiger partial charge in [-0.2, -0.15) is 5.10 Å². The maximum atomic E-state index is 12.8. The first-order chi connectivity index (χ1) is 16.9. The summed E-state index contributed by atoms with van der Waals surface area (Å²) in [7, 11) is 0. The number of carbonyl (C=O) groups excluding carboxylic acids is 2. The second kappa shape index (κ2) is 10.8. The van der Waals surface area contributed by atoms with E-state index in [0.29, 0.717) is 34.3 Å². The van der Waals surface area contributed by atoms with Gasteiger partial charge in [0.05, 0.1) is 18.5 Å². The number of esters is 1. The second-order valence-corrected chi connectivity index (χ2v) is 7.96. The zero-order chi connectivity index (χ0) is 24.8. The fourth-order valence-electron chi connectivity index (χ4n) is 3.29. The Morgan fingerprint density at radius 2 is 1.80 bits per heavy atom. The number of nitrogens with zero attached hydrogens (tertiary/aromatic N) is 2. The Morgan fingerprint density at radius 3 is 2.51 bits per heavy atom. The number of nitrogens with two attached hydrogens (primary N) is 1. The zero-order valence-corrected chi connectivity index (χ0v) is 19.7. The van der Waals surface area contributed by atoms with Crippen molar-refractivity contribution in [1.29, 1.82) is 0 Å². The van der Waals surface area contributed by atoms with E-state index in [9.17, 15) is 9.59 Å². The number of amides is 1. The minimum atomic E-state index is -0.550. The van der Waals surface area contributed by atoms with Crippen molar-refractivity contribution >= 4 is 35.0 Å². The summed E-state index contributed by atoms with van der Waals surface area (Å²) >= 11 is 5.90. The van der Waals surface area contributed by atoms with Crippen LogP contribution in [-0.4, -0.2) is 28.3 Å². The normalized spacial score (nSPS) is 10.6. The van der Waals surface area contributed by atoms with E-state index in [1.54, 1.807) is 55.5 Å². The summed E-state index contributed by atoms with van der Waals surface area (Å²) in [6.07, 6.45) is 1.34. The molecule has 0 aliphatic heterocycles. The molecule has 0 saturated heterocycles. The van der Waals surface area contributed by atoms with Crippen molar-refractivity contribution in [1.82, 2.24) is 9.78 Å². The van der Waals surface area contributed by atoms with Crippen LogP contribution in [0.2, 0.25) is 5.02 Å². The van der Waals surface area contributed by atoms with E-state index in [1.807, 2.05) is 24.3 Å². The van der Waals surface area contributed by atoms with E-state index in [4.69, 9.17) is 26.8 Å². The highest BCUT2D eigenvalue weighted by Gasteiger charge is 2.18. The highest BCUT2D eigenvalue weighted by molar-refractivity contribution is 6.30. The van der Waals surface area contributed by atoms with Gasteiger partial charge >= 0.3 is 5.97 Å². The summed E-state index contributed by atoms with van der Waals surface area (Å²) in [5.41, 5.74) is 8.80. The molecular weight excluding hydrogens is 468 g/mol. The van der Waals surface area contributed by atoms with Gasteiger partial charge in [0.25, 0.3) is 5.91 Å². The van der Waals surface area contributed by atoms with Crippen molar-refractivity contribution in [3.8, 4) is 11.4 Å². The Balaban J connectivity index is 1.41. The average Bonchev–Trinajstić information content (AvgIpc) is 3.26. The first-order valence-electron chi connectivity index (χ1n) is 10.8. The third kappa shape index (κ3) is 5.80. The van der Waals surface area contributed by atoms with Crippen LogP contribution >= 0.6 is 11.6 Å². The van der Waals surface area contributed by atoms with E-state index < -0.39 is 5.97 Å². The van der Waals surface area contributed by atoms with Crippen LogP contribution in [0, 0.1) is 0 Å². The monoisotopic (exact) mass is 490 g/mol. The van der Waals surface area contributed by atoms with E-state index >= 15 is 0 Å². The summed E-state index contributed by atoms with van der Waals surface area (Å²) in [6, 6.07) is 21.3. The second-order valence-electron chi connectivity index (χ2n) is 7.52. The Morgan fingerprint density at radius 1 is 1.06 bits per heavy atom. The molecule has 0 aliphatic rings. The fraction of sp³-hybridized carbons (Fsp3) is 0.115. The molecule has 0 atom stereocenters. The van der Waals surface area contributed by atoms with Gasteiger partial charge in [-0.05, 0) is 67.1 Å². The van der Waals surface area contributed by atoms with Crippen LogP contribution in [-0.2, 0) is 11.3 Å². The van der Waals surface area contributed by atoms with E-state index in [1.165, 1.54) is 10.9 Å². The van der Waals surface area contributed by atoms with Gasteiger partial charge in [0.15, 0.2) is 0 Å². The molecule has 0 aliphatic carbocycles. The molecule has 0 unspecified atom stereocenters. The summed E-state index contributed by atoms with van der Waals surface area (Å²) < 4.78 is 12.1. The molecule has 35 heavy (non-hydrogen) atoms. The number of carbonyl (C=O) groups is 2. The zero-order valence-electron chi connectivity index (χ0n) is 18.9. The van der Waals surface area contributed by atoms with Crippen molar-refractivity contribution < 1.29 is 19.1 Å². The molecule has 4 aromatic rings. The Labute approximate surface area is 207 Å². The van der Waals surface area contributed by atoms with Crippen molar-refractivity contribution in [2.24, 2.45) is 0 Å². The molecule has 4 rings (SSSR count). The number of halogens is 1. The SMILES string of the molecule is CCOC(=O)c1cnn(-c2cccc(C(=O)Nc3ccc(OCc4ccc(Cl)cc4)cc3)c2)c1N. The number of aromatic nitrogens is 2. The number of nitrogen functional groups attached to an aromatic ring is 1. The largest absolute Gasteiger partial charge is 0.489 e. The third-order valence-electron chi connectivity index (χ3n) is 5.09. The van der Waals surface area contributed by atoms with Crippen LogP contribution < -0.4 is 15.8 Å². The molecule has 1 amide bonds. The van der Waals surface area contributed by atoms with Gasteiger partial charge in [0.2, 0.25) is 0 Å². The molecule has 0 radical (unpaired) electrons. The maximum absolute atomic E-state index is 12.8. The van der Waals surface area contributed by atoms with Crippen LogP contribution in [0.25, 0.3) is 5.69 Å². The Bertz CT molecular complexity index is 1330. The fourth-order valence-corrected chi connectivity index (χ4v) is 3.42. The Kier molecular flexibility index (Phi) is 7.32. The molecule has 0 spiro atoms. The van der Waals surface area contributed by atoms with E-state index in [2.05, 4.69) is 10.4 Å². The van der Waals surface area contributed by atoms with Crippen LogP contribution in [0.4, 0.5) is 11.5 Å². The topological polar surface area (TPSA) is 108 Å². The Hall–Kier alpha value is -4.30. The molecule has 178 valence electrons. The lowest BCUT2D eigenvalue weighted by Crippen LogP contribution is -2.13. The molecule has 3 aromatic carbocycles. The summed E-state index contributed by atoms with van der Waals surface area (Å²) in [4.78, 5) is 24.8. The van der Waals surface area contributed by atoms with E-state index in [-0.39, 0.29) is 23.9 Å². The van der Waals surface area contributed by atoms with Gasteiger partial charge in [0.1, 0.15) is 23.7 Å². The van der Waals surface area contributed by atoms with Crippen LogP contribution in [0.1, 0.15) is 33.2 Å². The summed E-state index contributed by atoms with van der Waals surface area (Å²) in [5, 5.41) is 7.70. The van der Waals surface area contributed by atoms with E-state index in [0.717, 1.165) is 5.56 Å². The minimum absolute atomic E-state index is 0.134. The lowest BCUT2D eigenvalue weighted by Gasteiger charge is -2.10. The minimum Gasteiger partial charge on any atom is -0.489 e. The van der Waals surface area contributed by atoms with Crippen LogP contribution in [0.3, 0.4) is 0 Å². The van der Waals surface area contributed by atoms with Crippen molar-refractivity contribution in [2.75, 3.05) is 17.7 Å². The van der Waals surface area contributed by atoms with Crippen LogP contribution in [0.5, 0.6) is 5.75 Å². The van der Waals surface area contributed by atoms with Crippen molar-refractivity contribution in [3.05, 3.63) is 101 Å². The number of anilines is 2. The lowest BCUT2D eigenvalue weighted by atomic mass is 10.1. The van der Waals surface area contributed by atoms with Crippen molar-refractivity contribution in [2.45, 2.75) is 13.5 Å². The molecule has 0 saturated carbocycles. The number of hydrogen-bond donors (Lipinski definition) is 2. The third-order valence-corrected chi connectivity index (χ3v) is 5.34. The van der Waals surface area contributed by atoms with Gasteiger partial charge < -0.3 is 20.5 Å². The molecule has 9 heteroatoms. The molecule has 8 nitrogen and oxygen atoms in total. The quantitative estimate of drug-likeness (QED) is 0.332. The average molecular weight is 491 g/mol. The maximum Gasteiger partial charge on any atom is 0.343 e. The molecule has 0 bridgehead atoms. The number of benzene rings is 3. The summed E-state index contributed by atoms with van der Waals surface area (Å²) in [5.74, 6) is -0.0505. The number of hydrogen-bond acceptors (Lipinski definition) is 6. The molecule has 0 fully saturated rings. The highest BCUT2D eigenvalue weighted by atomic mass is 35.5. The molecule has 1 heterocycles. The predicted octanol–water partition coefficient (Wildman–Crippen LogP) is 5.12. The first-order valence-corrected chi connectivity index (χ1v) is 11.2.